The van der Waals surface area contributed by atoms with Gasteiger partial charge in [-0.05, 0) is 42.7 Å². The lowest BCUT2D eigenvalue weighted by Gasteiger charge is -2.29. The summed E-state index contributed by atoms with van der Waals surface area (Å²) in [7, 11) is 0. The molecule has 0 radical (unpaired) electrons. The molecule has 0 fully saturated rings. The standard InChI is InChI=1S/C21H19N/c1-21(2)14-18-9-5-6-10-19(18)20(22-21)17-12-11-15-7-3-4-8-16(15)13-17/h3-13H,14H2,1-2H3. The first-order valence-electron chi connectivity index (χ1n) is 7.80. The van der Waals surface area contributed by atoms with Crippen LogP contribution in [0.15, 0.2) is 71.7 Å². The van der Waals surface area contributed by atoms with Gasteiger partial charge < -0.3 is 0 Å². The molecule has 1 aliphatic rings. The van der Waals surface area contributed by atoms with E-state index in [-0.39, 0.29) is 5.54 Å². The minimum absolute atomic E-state index is 0.0463. The lowest BCUT2D eigenvalue weighted by atomic mass is 9.85. The highest BCUT2D eigenvalue weighted by molar-refractivity contribution is 6.15. The van der Waals surface area contributed by atoms with Gasteiger partial charge in [0, 0.05) is 11.1 Å². The van der Waals surface area contributed by atoms with E-state index in [2.05, 4.69) is 80.6 Å². The number of rotatable bonds is 1. The maximum absolute atomic E-state index is 5.05. The van der Waals surface area contributed by atoms with Crippen molar-refractivity contribution in [2.75, 3.05) is 0 Å². The van der Waals surface area contributed by atoms with Crippen LogP contribution in [0, 0.1) is 0 Å². The Morgan fingerprint density at radius 3 is 2.41 bits per heavy atom. The van der Waals surface area contributed by atoms with Gasteiger partial charge in [-0.1, -0.05) is 60.7 Å². The predicted molar refractivity (Wildman–Crippen MR) is 93.8 cm³/mol. The third kappa shape index (κ3) is 2.23. The Morgan fingerprint density at radius 2 is 1.55 bits per heavy atom. The highest BCUT2D eigenvalue weighted by atomic mass is 14.9. The van der Waals surface area contributed by atoms with Crippen LogP contribution in [-0.4, -0.2) is 11.3 Å². The first-order valence-corrected chi connectivity index (χ1v) is 7.80. The summed E-state index contributed by atoms with van der Waals surface area (Å²) in [4.78, 5) is 5.05. The molecule has 0 amide bonds. The smallest absolute Gasteiger partial charge is 0.0728 e. The molecule has 0 N–H and O–H groups in total. The molecule has 0 bridgehead atoms. The predicted octanol–water partition coefficient (Wildman–Crippen LogP) is 5.01. The molecule has 0 saturated carbocycles. The maximum atomic E-state index is 5.05. The first-order chi connectivity index (χ1) is 10.6. The Balaban J connectivity index is 1.93. The van der Waals surface area contributed by atoms with Gasteiger partial charge in [0.2, 0.25) is 0 Å². The van der Waals surface area contributed by atoms with Crippen LogP contribution in [0.3, 0.4) is 0 Å². The van der Waals surface area contributed by atoms with E-state index in [1.165, 1.54) is 27.5 Å². The number of aliphatic imine (C=N–C) groups is 1. The number of benzene rings is 3. The fourth-order valence-corrected chi connectivity index (χ4v) is 3.33. The molecule has 1 heterocycles. The van der Waals surface area contributed by atoms with E-state index in [0.29, 0.717) is 0 Å². The molecular formula is C21H19N. The molecule has 0 unspecified atom stereocenters. The van der Waals surface area contributed by atoms with Gasteiger partial charge in [-0.25, -0.2) is 0 Å². The van der Waals surface area contributed by atoms with Crippen LogP contribution >= 0.6 is 0 Å². The summed E-state index contributed by atoms with van der Waals surface area (Å²) in [6, 6.07) is 23.8. The third-order valence-corrected chi connectivity index (χ3v) is 4.33. The molecule has 22 heavy (non-hydrogen) atoms. The summed E-state index contributed by atoms with van der Waals surface area (Å²) in [6.07, 6.45) is 1.00. The van der Waals surface area contributed by atoms with Crippen LogP contribution in [0.2, 0.25) is 0 Å². The minimum Gasteiger partial charge on any atom is -0.278 e. The first kappa shape index (κ1) is 13.3. The van der Waals surface area contributed by atoms with Crippen LogP contribution in [0.5, 0.6) is 0 Å². The van der Waals surface area contributed by atoms with Crippen molar-refractivity contribution in [3.63, 3.8) is 0 Å². The third-order valence-electron chi connectivity index (χ3n) is 4.33. The van der Waals surface area contributed by atoms with Crippen molar-refractivity contribution in [3.05, 3.63) is 83.4 Å². The number of hydrogen-bond donors (Lipinski definition) is 0. The summed E-state index contributed by atoms with van der Waals surface area (Å²) in [5, 5.41) is 2.54. The van der Waals surface area contributed by atoms with Gasteiger partial charge in [0.05, 0.1) is 11.3 Å². The van der Waals surface area contributed by atoms with E-state index in [0.717, 1.165) is 12.1 Å². The molecule has 1 nitrogen and oxygen atoms in total. The van der Waals surface area contributed by atoms with Gasteiger partial charge in [0.1, 0.15) is 0 Å². The van der Waals surface area contributed by atoms with E-state index in [9.17, 15) is 0 Å². The molecule has 0 saturated heterocycles. The van der Waals surface area contributed by atoms with Crippen LogP contribution in [0.25, 0.3) is 10.8 Å². The minimum atomic E-state index is -0.0463. The van der Waals surface area contributed by atoms with Crippen molar-refractivity contribution < 1.29 is 0 Å². The molecule has 108 valence electrons. The largest absolute Gasteiger partial charge is 0.278 e. The lowest BCUT2D eigenvalue weighted by molar-refractivity contribution is 0.513. The summed E-state index contributed by atoms with van der Waals surface area (Å²) in [6.45, 7) is 4.42. The number of nitrogens with zero attached hydrogens (tertiary/aromatic N) is 1. The zero-order chi connectivity index (χ0) is 15.2. The molecule has 1 heteroatoms. The highest BCUT2D eigenvalue weighted by Crippen LogP contribution is 2.30. The van der Waals surface area contributed by atoms with Gasteiger partial charge in [-0.15, -0.1) is 0 Å². The Morgan fingerprint density at radius 1 is 0.818 bits per heavy atom. The highest BCUT2D eigenvalue weighted by Gasteiger charge is 2.27. The SMILES string of the molecule is CC1(C)Cc2ccccc2C(c2ccc3ccccc3c2)=N1. The van der Waals surface area contributed by atoms with Gasteiger partial charge in [0.15, 0.2) is 0 Å². The van der Waals surface area contributed by atoms with Gasteiger partial charge >= 0.3 is 0 Å². The van der Waals surface area contributed by atoms with Crippen molar-refractivity contribution in [1.29, 1.82) is 0 Å². The normalized spacial score (nSPS) is 16.2. The van der Waals surface area contributed by atoms with Gasteiger partial charge in [-0.2, -0.15) is 0 Å². The molecule has 0 aliphatic carbocycles. The van der Waals surface area contributed by atoms with E-state index in [1.807, 2.05) is 0 Å². The average Bonchev–Trinajstić information content (AvgIpc) is 2.53. The van der Waals surface area contributed by atoms with Crippen LogP contribution in [0.1, 0.15) is 30.5 Å². The summed E-state index contributed by atoms with van der Waals surface area (Å²) in [5.74, 6) is 0. The van der Waals surface area contributed by atoms with Crippen molar-refractivity contribution >= 4 is 16.5 Å². The molecule has 4 rings (SSSR count). The van der Waals surface area contributed by atoms with E-state index < -0.39 is 0 Å². The van der Waals surface area contributed by atoms with Crippen molar-refractivity contribution in [2.24, 2.45) is 4.99 Å². The van der Waals surface area contributed by atoms with Crippen molar-refractivity contribution in [2.45, 2.75) is 25.8 Å². The molecule has 0 spiro atoms. The van der Waals surface area contributed by atoms with Crippen LogP contribution < -0.4 is 0 Å². The number of hydrogen-bond acceptors (Lipinski definition) is 1. The van der Waals surface area contributed by atoms with Crippen molar-refractivity contribution in [3.8, 4) is 0 Å². The second-order valence-corrected chi connectivity index (χ2v) is 6.67. The Bertz CT molecular complexity index is 887. The van der Waals surface area contributed by atoms with Crippen molar-refractivity contribution in [1.82, 2.24) is 0 Å². The number of fused-ring (bicyclic) bond motifs is 2. The fourth-order valence-electron chi connectivity index (χ4n) is 3.33. The van der Waals surface area contributed by atoms with Crippen LogP contribution in [-0.2, 0) is 6.42 Å². The van der Waals surface area contributed by atoms with Gasteiger partial charge in [-0.3, -0.25) is 4.99 Å². The lowest BCUT2D eigenvalue weighted by Crippen LogP contribution is -2.29. The molecule has 3 aromatic carbocycles. The zero-order valence-corrected chi connectivity index (χ0v) is 13.0. The van der Waals surface area contributed by atoms with Gasteiger partial charge in [0.25, 0.3) is 0 Å². The summed E-state index contributed by atoms with van der Waals surface area (Å²) < 4.78 is 0. The summed E-state index contributed by atoms with van der Waals surface area (Å²) in [5.41, 5.74) is 4.95. The zero-order valence-electron chi connectivity index (χ0n) is 13.0. The summed E-state index contributed by atoms with van der Waals surface area (Å²) >= 11 is 0. The Kier molecular flexibility index (Phi) is 2.90. The molecule has 0 atom stereocenters. The van der Waals surface area contributed by atoms with Crippen LogP contribution in [0.4, 0.5) is 0 Å². The Hall–Kier alpha value is -2.41. The maximum Gasteiger partial charge on any atom is 0.0728 e. The molecule has 3 aromatic rings. The van der Waals surface area contributed by atoms with E-state index in [4.69, 9.17) is 4.99 Å². The quantitative estimate of drug-likeness (QED) is 0.596. The topological polar surface area (TPSA) is 12.4 Å². The molecule has 0 aromatic heterocycles. The molecule has 1 aliphatic heterocycles. The second kappa shape index (κ2) is 4.81. The fraction of sp³-hybridized carbons (Fsp3) is 0.190. The monoisotopic (exact) mass is 285 g/mol. The van der Waals surface area contributed by atoms with E-state index >= 15 is 0 Å². The average molecular weight is 285 g/mol. The van der Waals surface area contributed by atoms with E-state index in [1.54, 1.807) is 0 Å². The molecular weight excluding hydrogens is 266 g/mol. The second-order valence-electron chi connectivity index (χ2n) is 6.67. The Labute approximate surface area is 131 Å².